The molecule has 0 atom stereocenters. The van der Waals surface area contributed by atoms with Crippen molar-refractivity contribution in [1.29, 1.82) is 0 Å². The summed E-state index contributed by atoms with van der Waals surface area (Å²) < 4.78 is 0. The van der Waals surface area contributed by atoms with Gasteiger partial charge in [0, 0.05) is 23.7 Å². The lowest BCUT2D eigenvalue weighted by Crippen LogP contribution is -2.31. The van der Waals surface area contributed by atoms with E-state index in [1.807, 2.05) is 66.4 Å². The molecule has 0 aliphatic heterocycles. The number of anilines is 1. The minimum Gasteiger partial charge on any atom is -0.399 e. The van der Waals surface area contributed by atoms with Crippen molar-refractivity contribution in [3.05, 3.63) is 60.2 Å². The van der Waals surface area contributed by atoms with E-state index in [9.17, 15) is 4.79 Å². The molecule has 0 fully saturated rings. The Kier molecular flexibility index (Phi) is 5.69. The Morgan fingerprint density at radius 2 is 1.90 bits per heavy atom. The molecular formula is C17H20N2OS. The van der Waals surface area contributed by atoms with Gasteiger partial charge in [0.25, 0.3) is 0 Å². The number of amides is 1. The Morgan fingerprint density at radius 1 is 1.14 bits per heavy atom. The van der Waals surface area contributed by atoms with Crippen molar-refractivity contribution in [3.63, 3.8) is 0 Å². The fourth-order valence-corrected chi connectivity index (χ4v) is 2.86. The zero-order chi connectivity index (χ0) is 15.1. The molecule has 2 N–H and O–H groups in total. The highest BCUT2D eigenvalue weighted by Crippen LogP contribution is 2.18. The molecule has 0 aliphatic rings. The van der Waals surface area contributed by atoms with Crippen molar-refractivity contribution < 1.29 is 4.79 Å². The first-order valence-electron chi connectivity index (χ1n) is 6.99. The van der Waals surface area contributed by atoms with E-state index in [1.165, 1.54) is 0 Å². The summed E-state index contributed by atoms with van der Waals surface area (Å²) in [5, 5.41) is 0. The van der Waals surface area contributed by atoms with Crippen LogP contribution in [0, 0.1) is 0 Å². The third-order valence-corrected chi connectivity index (χ3v) is 4.16. The normalized spacial score (nSPS) is 10.3. The lowest BCUT2D eigenvalue weighted by molar-refractivity contribution is -0.128. The zero-order valence-electron chi connectivity index (χ0n) is 12.2. The Labute approximate surface area is 130 Å². The summed E-state index contributed by atoms with van der Waals surface area (Å²) in [6.45, 7) is 3.30. The predicted molar refractivity (Wildman–Crippen MR) is 89.1 cm³/mol. The van der Waals surface area contributed by atoms with Gasteiger partial charge in [-0.3, -0.25) is 4.79 Å². The molecule has 4 heteroatoms. The van der Waals surface area contributed by atoms with Crippen molar-refractivity contribution in [3.8, 4) is 0 Å². The third kappa shape index (κ3) is 4.83. The van der Waals surface area contributed by atoms with Crippen LogP contribution < -0.4 is 5.73 Å². The number of carbonyl (C=O) groups excluding carboxylic acids is 1. The number of benzene rings is 2. The molecule has 0 saturated carbocycles. The van der Waals surface area contributed by atoms with Gasteiger partial charge in [0.05, 0.1) is 5.75 Å². The molecule has 0 radical (unpaired) electrons. The van der Waals surface area contributed by atoms with Crippen LogP contribution in [0.3, 0.4) is 0 Å². The maximum Gasteiger partial charge on any atom is 0.233 e. The highest BCUT2D eigenvalue weighted by molar-refractivity contribution is 8.00. The van der Waals surface area contributed by atoms with E-state index in [4.69, 9.17) is 5.73 Å². The van der Waals surface area contributed by atoms with Crippen LogP contribution in [0.5, 0.6) is 0 Å². The third-order valence-electron chi connectivity index (χ3n) is 3.16. The molecular weight excluding hydrogens is 280 g/mol. The van der Waals surface area contributed by atoms with Crippen LogP contribution in [0.15, 0.2) is 59.5 Å². The number of thioether (sulfide) groups is 1. The average molecular weight is 300 g/mol. The maximum absolute atomic E-state index is 12.3. The van der Waals surface area contributed by atoms with Crippen molar-refractivity contribution in [1.82, 2.24) is 4.90 Å². The molecule has 0 unspecified atom stereocenters. The van der Waals surface area contributed by atoms with Crippen LogP contribution in [-0.4, -0.2) is 23.1 Å². The number of nitrogens with two attached hydrogens (primary N) is 1. The summed E-state index contributed by atoms with van der Waals surface area (Å²) >= 11 is 1.57. The number of nitrogens with zero attached hydrogens (tertiary/aromatic N) is 1. The summed E-state index contributed by atoms with van der Waals surface area (Å²) in [4.78, 5) is 15.3. The minimum atomic E-state index is 0.147. The fourth-order valence-electron chi connectivity index (χ4n) is 2.04. The van der Waals surface area contributed by atoms with Gasteiger partial charge in [-0.2, -0.15) is 0 Å². The number of hydrogen-bond donors (Lipinski definition) is 1. The SMILES string of the molecule is CCN(Cc1cccc(N)c1)C(=O)CSc1ccccc1. The molecule has 2 aromatic rings. The Balaban J connectivity index is 1.92. The number of rotatable bonds is 6. The van der Waals surface area contributed by atoms with Gasteiger partial charge in [0.15, 0.2) is 0 Å². The molecule has 0 aliphatic carbocycles. The smallest absolute Gasteiger partial charge is 0.233 e. The molecule has 0 heterocycles. The van der Waals surface area contributed by atoms with Crippen molar-refractivity contribution >= 4 is 23.4 Å². The lowest BCUT2D eigenvalue weighted by atomic mass is 10.2. The first-order valence-corrected chi connectivity index (χ1v) is 7.97. The quantitative estimate of drug-likeness (QED) is 0.657. The van der Waals surface area contributed by atoms with Gasteiger partial charge >= 0.3 is 0 Å². The van der Waals surface area contributed by atoms with Gasteiger partial charge in [0.1, 0.15) is 0 Å². The Hall–Kier alpha value is -1.94. The minimum absolute atomic E-state index is 0.147. The second-order valence-electron chi connectivity index (χ2n) is 4.75. The van der Waals surface area contributed by atoms with E-state index >= 15 is 0 Å². The van der Waals surface area contributed by atoms with Gasteiger partial charge < -0.3 is 10.6 Å². The van der Waals surface area contributed by atoms with Crippen LogP contribution in [0.2, 0.25) is 0 Å². The highest BCUT2D eigenvalue weighted by atomic mass is 32.2. The van der Waals surface area contributed by atoms with Crippen LogP contribution in [0.1, 0.15) is 12.5 Å². The molecule has 3 nitrogen and oxygen atoms in total. The molecule has 0 spiro atoms. The van der Waals surface area contributed by atoms with E-state index in [1.54, 1.807) is 11.8 Å². The highest BCUT2D eigenvalue weighted by Gasteiger charge is 2.12. The molecule has 2 rings (SSSR count). The standard InChI is InChI=1S/C17H20N2OS/c1-2-19(12-14-7-6-8-15(18)11-14)17(20)13-21-16-9-4-3-5-10-16/h3-11H,2,12-13,18H2,1H3. The van der Waals surface area contributed by atoms with E-state index < -0.39 is 0 Å². The van der Waals surface area contributed by atoms with Crippen molar-refractivity contribution in [2.75, 3.05) is 18.0 Å². The molecule has 0 bridgehead atoms. The molecule has 2 aromatic carbocycles. The molecule has 1 amide bonds. The Morgan fingerprint density at radius 3 is 2.57 bits per heavy atom. The van der Waals surface area contributed by atoms with E-state index in [0.717, 1.165) is 16.1 Å². The lowest BCUT2D eigenvalue weighted by Gasteiger charge is -2.21. The molecule has 0 saturated heterocycles. The van der Waals surface area contributed by atoms with Gasteiger partial charge in [-0.25, -0.2) is 0 Å². The number of hydrogen-bond acceptors (Lipinski definition) is 3. The fraction of sp³-hybridized carbons (Fsp3) is 0.235. The summed E-state index contributed by atoms with van der Waals surface area (Å²) in [5.41, 5.74) is 7.57. The van der Waals surface area contributed by atoms with Gasteiger partial charge in [0.2, 0.25) is 5.91 Å². The van der Waals surface area contributed by atoms with E-state index in [0.29, 0.717) is 18.8 Å². The van der Waals surface area contributed by atoms with Gasteiger partial charge in [-0.05, 0) is 36.8 Å². The second-order valence-corrected chi connectivity index (χ2v) is 5.80. The number of nitrogen functional groups attached to an aromatic ring is 1. The first-order chi connectivity index (χ1) is 10.2. The summed E-state index contributed by atoms with van der Waals surface area (Å²) in [6, 6.07) is 17.7. The van der Waals surface area contributed by atoms with Crippen molar-refractivity contribution in [2.45, 2.75) is 18.4 Å². The number of carbonyl (C=O) groups is 1. The Bertz CT molecular complexity index is 586. The monoisotopic (exact) mass is 300 g/mol. The molecule has 110 valence electrons. The summed E-state index contributed by atoms with van der Waals surface area (Å²) in [7, 11) is 0. The largest absolute Gasteiger partial charge is 0.399 e. The molecule has 21 heavy (non-hydrogen) atoms. The maximum atomic E-state index is 12.3. The van der Waals surface area contributed by atoms with E-state index in [2.05, 4.69) is 0 Å². The second kappa shape index (κ2) is 7.74. The van der Waals surface area contributed by atoms with Gasteiger partial charge in [-0.15, -0.1) is 11.8 Å². The van der Waals surface area contributed by atoms with Crippen LogP contribution in [0.4, 0.5) is 5.69 Å². The van der Waals surface area contributed by atoms with Crippen molar-refractivity contribution in [2.24, 2.45) is 0 Å². The van der Waals surface area contributed by atoms with Gasteiger partial charge in [-0.1, -0.05) is 30.3 Å². The topological polar surface area (TPSA) is 46.3 Å². The van der Waals surface area contributed by atoms with Crippen LogP contribution >= 0.6 is 11.8 Å². The summed E-state index contributed by atoms with van der Waals surface area (Å²) in [6.07, 6.45) is 0. The van der Waals surface area contributed by atoms with Crippen LogP contribution in [0.25, 0.3) is 0 Å². The average Bonchev–Trinajstić information content (AvgIpc) is 2.51. The first kappa shape index (κ1) is 15.4. The van der Waals surface area contributed by atoms with Crippen LogP contribution in [-0.2, 0) is 11.3 Å². The summed E-state index contributed by atoms with van der Waals surface area (Å²) in [5.74, 6) is 0.606. The molecule has 0 aromatic heterocycles. The predicted octanol–water partition coefficient (Wildman–Crippen LogP) is 3.41. The zero-order valence-corrected chi connectivity index (χ0v) is 13.0. The van der Waals surface area contributed by atoms with E-state index in [-0.39, 0.29) is 5.91 Å².